The number of alkyl halides is 1. The van der Waals surface area contributed by atoms with Gasteiger partial charge in [-0.15, -0.1) is 0 Å². The standard InChI is InChI=1S/C20H20F2N2/c21-17-5-1-3-7-19(17)23-13-15-9-11-16(12-10-15)14-24-20-8-4-2-6-18(20)22/h1-5,7-12,18,23-24H,6,13-14H2. The lowest BCUT2D eigenvalue weighted by atomic mass is 10.1. The molecule has 2 aromatic rings. The summed E-state index contributed by atoms with van der Waals surface area (Å²) in [4.78, 5) is 0. The normalized spacial score (nSPS) is 16.6. The van der Waals surface area contributed by atoms with E-state index in [2.05, 4.69) is 10.6 Å². The van der Waals surface area contributed by atoms with Crippen molar-refractivity contribution >= 4 is 5.69 Å². The van der Waals surface area contributed by atoms with Gasteiger partial charge in [-0.1, -0.05) is 48.6 Å². The number of halogens is 2. The summed E-state index contributed by atoms with van der Waals surface area (Å²) < 4.78 is 27.2. The zero-order chi connectivity index (χ0) is 16.8. The largest absolute Gasteiger partial charge is 0.382 e. The average molecular weight is 326 g/mol. The molecule has 0 bridgehead atoms. The topological polar surface area (TPSA) is 24.1 Å². The fourth-order valence-corrected chi connectivity index (χ4v) is 2.55. The van der Waals surface area contributed by atoms with Crippen LogP contribution in [0.25, 0.3) is 0 Å². The third-order valence-corrected chi connectivity index (χ3v) is 3.97. The second-order valence-electron chi connectivity index (χ2n) is 5.76. The third-order valence-electron chi connectivity index (χ3n) is 3.97. The zero-order valence-corrected chi connectivity index (χ0v) is 13.3. The van der Waals surface area contributed by atoms with E-state index in [9.17, 15) is 8.78 Å². The molecule has 0 amide bonds. The van der Waals surface area contributed by atoms with Crippen LogP contribution in [0.4, 0.5) is 14.5 Å². The summed E-state index contributed by atoms with van der Waals surface area (Å²) in [5.41, 5.74) is 3.26. The van der Waals surface area contributed by atoms with Crippen LogP contribution in [0.3, 0.4) is 0 Å². The van der Waals surface area contributed by atoms with Gasteiger partial charge in [0.15, 0.2) is 0 Å². The summed E-state index contributed by atoms with van der Waals surface area (Å²) in [5.74, 6) is -0.256. The van der Waals surface area contributed by atoms with E-state index in [0.717, 1.165) is 11.1 Å². The molecule has 3 rings (SSSR count). The highest BCUT2D eigenvalue weighted by Crippen LogP contribution is 2.16. The van der Waals surface area contributed by atoms with Crippen molar-refractivity contribution in [3.63, 3.8) is 0 Å². The van der Waals surface area contributed by atoms with Crippen molar-refractivity contribution in [2.75, 3.05) is 5.32 Å². The third kappa shape index (κ3) is 4.22. The molecular weight excluding hydrogens is 306 g/mol. The first-order chi connectivity index (χ1) is 11.7. The molecule has 124 valence electrons. The fraction of sp³-hybridized carbons (Fsp3) is 0.200. The Balaban J connectivity index is 1.53. The monoisotopic (exact) mass is 326 g/mol. The molecule has 0 spiro atoms. The molecule has 2 nitrogen and oxygen atoms in total. The lowest BCUT2D eigenvalue weighted by Gasteiger charge is -2.16. The highest BCUT2D eigenvalue weighted by atomic mass is 19.1. The van der Waals surface area contributed by atoms with Crippen LogP contribution in [0.1, 0.15) is 17.5 Å². The van der Waals surface area contributed by atoms with Crippen molar-refractivity contribution in [1.29, 1.82) is 0 Å². The molecule has 0 saturated carbocycles. The quantitative estimate of drug-likeness (QED) is 0.803. The maximum absolute atomic E-state index is 13.7. The minimum atomic E-state index is -0.945. The van der Waals surface area contributed by atoms with Crippen molar-refractivity contribution < 1.29 is 8.78 Å². The van der Waals surface area contributed by atoms with Gasteiger partial charge in [-0.25, -0.2) is 8.78 Å². The van der Waals surface area contributed by atoms with Crippen LogP contribution in [0.15, 0.2) is 72.5 Å². The summed E-state index contributed by atoms with van der Waals surface area (Å²) in [6.07, 6.45) is 4.96. The van der Waals surface area contributed by atoms with Gasteiger partial charge in [-0.2, -0.15) is 0 Å². The predicted molar refractivity (Wildman–Crippen MR) is 93.7 cm³/mol. The van der Waals surface area contributed by atoms with Crippen LogP contribution in [0.5, 0.6) is 0 Å². The molecule has 0 aromatic heterocycles. The van der Waals surface area contributed by atoms with Crippen LogP contribution in [-0.2, 0) is 13.1 Å². The molecule has 1 unspecified atom stereocenters. The van der Waals surface area contributed by atoms with Gasteiger partial charge in [-0.3, -0.25) is 0 Å². The molecule has 1 aliphatic carbocycles. The molecule has 1 aliphatic rings. The molecule has 24 heavy (non-hydrogen) atoms. The smallest absolute Gasteiger partial charge is 0.146 e. The van der Waals surface area contributed by atoms with Gasteiger partial charge in [0.1, 0.15) is 12.0 Å². The van der Waals surface area contributed by atoms with Crippen molar-refractivity contribution in [2.24, 2.45) is 0 Å². The number of benzene rings is 2. The van der Waals surface area contributed by atoms with Gasteiger partial charge in [0.2, 0.25) is 0 Å². The first-order valence-electron chi connectivity index (χ1n) is 8.03. The predicted octanol–water partition coefficient (Wildman–Crippen LogP) is 4.71. The van der Waals surface area contributed by atoms with E-state index in [1.54, 1.807) is 24.3 Å². The minimum absolute atomic E-state index is 0.256. The van der Waals surface area contributed by atoms with Gasteiger partial charge >= 0.3 is 0 Å². The number of nitrogens with one attached hydrogen (secondary N) is 2. The van der Waals surface area contributed by atoms with Crippen molar-refractivity contribution in [1.82, 2.24) is 5.32 Å². The SMILES string of the molecule is Fc1ccccc1NCc1ccc(CNC2=CC=CCC2F)cc1. The second kappa shape index (κ2) is 7.77. The molecule has 0 aliphatic heterocycles. The highest BCUT2D eigenvalue weighted by Gasteiger charge is 2.12. The van der Waals surface area contributed by atoms with E-state index in [-0.39, 0.29) is 5.82 Å². The molecule has 2 aromatic carbocycles. The van der Waals surface area contributed by atoms with E-state index in [1.807, 2.05) is 36.4 Å². The van der Waals surface area contributed by atoms with Crippen molar-refractivity contribution in [3.8, 4) is 0 Å². The second-order valence-corrected chi connectivity index (χ2v) is 5.76. The summed E-state index contributed by atoms with van der Waals surface area (Å²) in [5, 5.41) is 6.22. The van der Waals surface area contributed by atoms with E-state index >= 15 is 0 Å². The summed E-state index contributed by atoms with van der Waals surface area (Å²) in [7, 11) is 0. The first kappa shape index (κ1) is 16.2. The lowest BCUT2D eigenvalue weighted by molar-refractivity contribution is 0.364. The van der Waals surface area contributed by atoms with Crippen molar-refractivity contribution in [2.45, 2.75) is 25.7 Å². The molecule has 4 heteroatoms. The van der Waals surface area contributed by atoms with Gasteiger partial charge < -0.3 is 10.6 Å². The Labute approximate surface area is 140 Å². The summed E-state index contributed by atoms with van der Waals surface area (Å²) >= 11 is 0. The Bertz CT molecular complexity index is 736. The average Bonchev–Trinajstić information content (AvgIpc) is 2.61. The lowest BCUT2D eigenvalue weighted by Crippen LogP contribution is -2.22. The fourth-order valence-electron chi connectivity index (χ4n) is 2.55. The zero-order valence-electron chi connectivity index (χ0n) is 13.3. The van der Waals surface area contributed by atoms with Crippen LogP contribution >= 0.6 is 0 Å². The van der Waals surface area contributed by atoms with Gasteiger partial charge in [0, 0.05) is 25.2 Å². The minimum Gasteiger partial charge on any atom is -0.382 e. The van der Waals surface area contributed by atoms with Gasteiger partial charge in [0.05, 0.1) is 5.69 Å². The van der Waals surface area contributed by atoms with E-state index < -0.39 is 6.17 Å². The Hall–Kier alpha value is -2.62. The Morgan fingerprint density at radius 2 is 1.58 bits per heavy atom. The number of para-hydroxylation sites is 1. The Kier molecular flexibility index (Phi) is 5.26. The number of rotatable bonds is 6. The molecule has 1 atom stereocenters. The maximum atomic E-state index is 13.7. The van der Waals surface area contributed by atoms with Crippen LogP contribution in [0.2, 0.25) is 0 Å². The van der Waals surface area contributed by atoms with Gasteiger partial charge in [-0.05, 0) is 29.3 Å². The van der Waals surface area contributed by atoms with Crippen LogP contribution in [0, 0.1) is 5.82 Å². The number of hydrogen-bond acceptors (Lipinski definition) is 2. The van der Waals surface area contributed by atoms with Crippen LogP contribution in [-0.4, -0.2) is 6.17 Å². The molecule has 0 heterocycles. The first-order valence-corrected chi connectivity index (χ1v) is 8.03. The summed E-state index contributed by atoms with van der Waals surface area (Å²) in [6, 6.07) is 14.6. The van der Waals surface area contributed by atoms with E-state index in [4.69, 9.17) is 0 Å². The molecule has 2 N–H and O–H groups in total. The van der Waals surface area contributed by atoms with E-state index in [1.165, 1.54) is 6.07 Å². The Morgan fingerprint density at radius 3 is 2.25 bits per heavy atom. The molecule has 0 fully saturated rings. The molecule has 0 saturated heterocycles. The number of anilines is 1. The molecule has 0 radical (unpaired) electrons. The summed E-state index contributed by atoms with van der Waals surface area (Å²) in [6.45, 7) is 1.14. The molecular formula is C20H20F2N2. The van der Waals surface area contributed by atoms with Crippen molar-refractivity contribution in [3.05, 3.63) is 89.4 Å². The van der Waals surface area contributed by atoms with E-state index in [0.29, 0.717) is 30.9 Å². The number of allylic oxidation sites excluding steroid dienone is 4. The van der Waals surface area contributed by atoms with Crippen LogP contribution < -0.4 is 10.6 Å². The number of hydrogen-bond donors (Lipinski definition) is 2. The highest BCUT2D eigenvalue weighted by molar-refractivity contribution is 5.45. The Morgan fingerprint density at radius 1 is 0.917 bits per heavy atom. The maximum Gasteiger partial charge on any atom is 0.146 e. The van der Waals surface area contributed by atoms with Gasteiger partial charge in [0.25, 0.3) is 0 Å².